The van der Waals surface area contributed by atoms with Gasteiger partial charge in [0, 0.05) is 29.2 Å². The number of carboxylic acids is 1. The van der Waals surface area contributed by atoms with Crippen LogP contribution in [0.5, 0.6) is 11.5 Å². The van der Waals surface area contributed by atoms with Gasteiger partial charge in [0.2, 0.25) is 10.0 Å². The molecule has 1 saturated carbocycles. The number of para-hydroxylation sites is 1. The van der Waals surface area contributed by atoms with E-state index in [9.17, 15) is 13.2 Å². The minimum absolute atomic E-state index is 0.115. The number of ether oxygens (including phenoxy) is 2. The van der Waals surface area contributed by atoms with Crippen LogP contribution in [-0.2, 0) is 14.8 Å². The van der Waals surface area contributed by atoms with E-state index >= 15 is 0 Å². The topological polar surface area (TPSA) is 102 Å². The summed E-state index contributed by atoms with van der Waals surface area (Å²) in [4.78, 5) is 11.0. The van der Waals surface area contributed by atoms with Gasteiger partial charge >= 0.3 is 5.97 Å². The molecule has 3 unspecified atom stereocenters. The second-order valence-electron chi connectivity index (χ2n) is 7.10. The maximum absolute atomic E-state index is 12.9. The number of hydrogen-bond acceptors (Lipinski definition) is 5. The fraction of sp³-hybridized carbons (Fsp3) is 0.286. The van der Waals surface area contributed by atoms with E-state index in [1.54, 1.807) is 18.2 Å². The average Bonchev–Trinajstić information content (AvgIpc) is 3.26. The van der Waals surface area contributed by atoms with Crippen molar-refractivity contribution < 1.29 is 27.8 Å². The minimum Gasteiger partial charge on any atom is -0.497 e. The Bertz CT molecular complexity index is 1060. The van der Waals surface area contributed by atoms with Crippen molar-refractivity contribution in [1.82, 2.24) is 4.72 Å². The third-order valence-electron chi connectivity index (χ3n) is 5.38. The Kier molecular flexibility index (Phi) is 5.06. The van der Waals surface area contributed by atoms with Crippen LogP contribution in [0.3, 0.4) is 0 Å². The van der Waals surface area contributed by atoms with Gasteiger partial charge in [0.1, 0.15) is 17.6 Å². The van der Waals surface area contributed by atoms with Crippen LogP contribution in [0.2, 0.25) is 0 Å². The maximum atomic E-state index is 12.9. The molecule has 29 heavy (non-hydrogen) atoms. The number of benzene rings is 2. The molecule has 7 nitrogen and oxygen atoms in total. The first-order valence-electron chi connectivity index (χ1n) is 9.26. The minimum atomic E-state index is -3.69. The molecule has 1 heterocycles. The van der Waals surface area contributed by atoms with Gasteiger partial charge in [-0.3, -0.25) is 0 Å². The van der Waals surface area contributed by atoms with Gasteiger partial charge in [-0.1, -0.05) is 18.2 Å². The maximum Gasteiger partial charge on any atom is 0.328 e. The zero-order valence-electron chi connectivity index (χ0n) is 15.7. The third-order valence-corrected chi connectivity index (χ3v) is 6.89. The van der Waals surface area contributed by atoms with Crippen LogP contribution in [0.1, 0.15) is 29.9 Å². The molecule has 8 heteroatoms. The van der Waals surface area contributed by atoms with Crippen molar-refractivity contribution in [3.63, 3.8) is 0 Å². The summed E-state index contributed by atoms with van der Waals surface area (Å²) >= 11 is 0. The molecule has 0 aromatic heterocycles. The van der Waals surface area contributed by atoms with Crippen molar-refractivity contribution in [3.8, 4) is 11.5 Å². The van der Waals surface area contributed by atoms with E-state index in [0.717, 1.165) is 18.1 Å². The summed E-state index contributed by atoms with van der Waals surface area (Å²) in [6, 6.07) is 11.5. The molecule has 0 amide bonds. The molecular weight excluding hydrogens is 394 g/mol. The van der Waals surface area contributed by atoms with Crippen LogP contribution in [0.15, 0.2) is 53.4 Å². The highest BCUT2D eigenvalue weighted by molar-refractivity contribution is 7.89. The lowest BCUT2D eigenvalue weighted by molar-refractivity contribution is -0.131. The number of rotatable bonds is 6. The van der Waals surface area contributed by atoms with Gasteiger partial charge in [-0.05, 0) is 43.2 Å². The van der Waals surface area contributed by atoms with Gasteiger partial charge in [-0.15, -0.1) is 0 Å². The standard InChI is InChI=1S/C21H21NO6S/c1-27-14-6-8-15(9-7-14)29(25,26)22-17-10-11-18-20(17)16-4-2-3-13(21(16)28-18)5-12-19(23)24/h2-9,12,17-18,20,22H,10-11H2,1H3,(H,23,24). The lowest BCUT2D eigenvalue weighted by Gasteiger charge is -2.19. The van der Waals surface area contributed by atoms with Crippen molar-refractivity contribution in [1.29, 1.82) is 0 Å². The van der Waals surface area contributed by atoms with Crippen molar-refractivity contribution in [3.05, 3.63) is 59.7 Å². The normalized spacial score (nSPS) is 22.9. The fourth-order valence-electron chi connectivity index (χ4n) is 4.08. The smallest absolute Gasteiger partial charge is 0.328 e. The van der Waals surface area contributed by atoms with Crippen molar-refractivity contribution >= 4 is 22.1 Å². The Morgan fingerprint density at radius 1 is 1.21 bits per heavy atom. The molecule has 152 valence electrons. The van der Waals surface area contributed by atoms with Gasteiger partial charge in [0.15, 0.2) is 0 Å². The van der Waals surface area contributed by atoms with E-state index in [0.29, 0.717) is 23.5 Å². The van der Waals surface area contributed by atoms with E-state index in [2.05, 4.69) is 4.72 Å². The monoisotopic (exact) mass is 415 g/mol. The Labute approximate surface area is 169 Å². The first-order chi connectivity index (χ1) is 13.9. The summed E-state index contributed by atoms with van der Waals surface area (Å²) in [7, 11) is -2.17. The average molecular weight is 415 g/mol. The van der Waals surface area contributed by atoms with E-state index in [-0.39, 0.29) is 23.0 Å². The molecular formula is C21H21NO6S. The number of sulfonamides is 1. The molecule has 0 saturated heterocycles. The molecule has 2 aliphatic rings. The van der Waals surface area contributed by atoms with Crippen LogP contribution in [0, 0.1) is 0 Å². The largest absolute Gasteiger partial charge is 0.497 e. The molecule has 2 aromatic carbocycles. The molecule has 0 spiro atoms. The number of methoxy groups -OCH3 is 1. The molecule has 2 aromatic rings. The molecule has 1 aliphatic carbocycles. The van der Waals surface area contributed by atoms with Crippen molar-refractivity contribution in [2.24, 2.45) is 0 Å². The number of carbonyl (C=O) groups is 1. The summed E-state index contributed by atoms with van der Waals surface area (Å²) in [5.41, 5.74) is 1.58. The third kappa shape index (κ3) is 3.73. The summed E-state index contributed by atoms with van der Waals surface area (Å²) in [6.07, 6.45) is 3.82. The van der Waals surface area contributed by atoms with Crippen molar-refractivity contribution in [2.45, 2.75) is 35.8 Å². The van der Waals surface area contributed by atoms with Gasteiger partial charge in [0.25, 0.3) is 0 Å². The van der Waals surface area contributed by atoms with E-state index in [4.69, 9.17) is 14.6 Å². The van der Waals surface area contributed by atoms with Crippen LogP contribution in [0.25, 0.3) is 6.08 Å². The SMILES string of the molecule is COc1ccc(S(=O)(=O)NC2CCC3Oc4c(C=CC(=O)O)cccc4C23)cc1. The van der Waals surface area contributed by atoms with Crippen molar-refractivity contribution in [2.75, 3.05) is 7.11 Å². The highest BCUT2D eigenvalue weighted by Crippen LogP contribution is 2.49. The van der Waals surface area contributed by atoms with Crippen LogP contribution < -0.4 is 14.2 Å². The van der Waals surface area contributed by atoms with Gasteiger partial charge in [-0.25, -0.2) is 17.9 Å². The highest BCUT2D eigenvalue weighted by atomic mass is 32.2. The predicted molar refractivity (Wildman–Crippen MR) is 107 cm³/mol. The summed E-state index contributed by atoms with van der Waals surface area (Å²) in [5.74, 6) is 0.0698. The first kappa shape index (κ1) is 19.5. The zero-order chi connectivity index (χ0) is 20.6. The van der Waals surface area contributed by atoms with E-state index in [1.165, 1.54) is 25.3 Å². The number of nitrogens with one attached hydrogen (secondary N) is 1. The lowest BCUT2D eigenvalue weighted by atomic mass is 9.93. The first-order valence-corrected chi connectivity index (χ1v) is 10.7. The Morgan fingerprint density at radius 2 is 1.97 bits per heavy atom. The molecule has 0 radical (unpaired) electrons. The number of carboxylic acid groups (broad SMARTS) is 1. The van der Waals surface area contributed by atoms with Gasteiger partial charge < -0.3 is 14.6 Å². The van der Waals surface area contributed by atoms with Crippen LogP contribution >= 0.6 is 0 Å². The highest BCUT2D eigenvalue weighted by Gasteiger charge is 2.46. The van der Waals surface area contributed by atoms with E-state index < -0.39 is 16.0 Å². The molecule has 2 N–H and O–H groups in total. The molecule has 1 fully saturated rings. The van der Waals surface area contributed by atoms with Gasteiger partial charge in [0.05, 0.1) is 12.0 Å². The number of aliphatic carboxylic acids is 1. The molecule has 3 atom stereocenters. The Balaban J connectivity index is 1.60. The molecule has 1 aliphatic heterocycles. The second kappa shape index (κ2) is 7.53. The quantitative estimate of drug-likeness (QED) is 0.704. The predicted octanol–water partition coefficient (Wildman–Crippen LogP) is 2.78. The summed E-state index contributed by atoms with van der Waals surface area (Å²) < 4.78 is 39.7. The Morgan fingerprint density at radius 3 is 2.66 bits per heavy atom. The summed E-state index contributed by atoms with van der Waals surface area (Å²) in [6.45, 7) is 0. The Hall–Kier alpha value is -2.84. The number of fused-ring (bicyclic) bond motifs is 3. The van der Waals surface area contributed by atoms with Gasteiger partial charge in [-0.2, -0.15) is 0 Å². The molecule has 0 bridgehead atoms. The molecule has 4 rings (SSSR count). The summed E-state index contributed by atoms with van der Waals surface area (Å²) in [5, 5.41) is 8.88. The fourth-order valence-corrected chi connectivity index (χ4v) is 5.37. The van der Waals surface area contributed by atoms with E-state index in [1.807, 2.05) is 12.1 Å². The van der Waals surface area contributed by atoms with Crippen LogP contribution in [0.4, 0.5) is 0 Å². The van der Waals surface area contributed by atoms with Crippen LogP contribution in [-0.4, -0.2) is 38.7 Å². The lowest BCUT2D eigenvalue weighted by Crippen LogP contribution is -2.37. The second-order valence-corrected chi connectivity index (χ2v) is 8.81. The number of hydrogen-bond donors (Lipinski definition) is 2. The zero-order valence-corrected chi connectivity index (χ0v) is 16.6.